The van der Waals surface area contributed by atoms with Crippen LogP contribution in [-0.4, -0.2) is 67.6 Å². The normalized spacial score (nSPS) is 19.3. The molecule has 240 valence electrons. The van der Waals surface area contributed by atoms with Crippen molar-refractivity contribution in [2.24, 2.45) is 5.16 Å². The van der Waals surface area contributed by atoms with Crippen molar-refractivity contribution in [3.8, 4) is 0 Å². The van der Waals surface area contributed by atoms with Gasteiger partial charge in [-0.1, -0.05) is 96.2 Å². The highest BCUT2D eigenvalue weighted by Crippen LogP contribution is 2.43. The van der Waals surface area contributed by atoms with E-state index in [0.29, 0.717) is 29.1 Å². The minimum atomic E-state index is -1.53. The summed E-state index contributed by atoms with van der Waals surface area (Å²) in [5.41, 5.74) is 2.20. The molecule has 4 aromatic rings. The summed E-state index contributed by atoms with van der Waals surface area (Å²) in [6, 6.07) is 28.6. The zero-order valence-corrected chi connectivity index (χ0v) is 26.9. The van der Waals surface area contributed by atoms with E-state index in [0.717, 1.165) is 16.7 Å². The topological polar surface area (TPSA) is 150 Å². The van der Waals surface area contributed by atoms with Crippen molar-refractivity contribution in [2.75, 3.05) is 12.4 Å². The van der Waals surface area contributed by atoms with Crippen LogP contribution in [-0.2, 0) is 24.8 Å². The predicted octanol–water partition coefficient (Wildman–Crippen LogP) is 5.01. The van der Waals surface area contributed by atoms with Crippen LogP contribution in [0.25, 0.3) is 0 Å². The first-order valence-corrected chi connectivity index (χ1v) is 16.9. The molecule has 0 spiro atoms. The Balaban J connectivity index is 1.30. The molecule has 1 fully saturated rings. The maximum Gasteiger partial charge on any atom is 0.378 e. The van der Waals surface area contributed by atoms with Gasteiger partial charge in [-0.25, -0.2) is 9.78 Å². The number of carbonyl (C=O) groups excluding carboxylic acids is 3. The number of rotatable bonds is 11. The van der Waals surface area contributed by atoms with E-state index >= 15 is 0 Å². The van der Waals surface area contributed by atoms with Gasteiger partial charge in [0.25, 0.3) is 11.8 Å². The molecule has 1 aromatic heterocycles. The summed E-state index contributed by atoms with van der Waals surface area (Å²) in [5, 5.41) is 21.2. The van der Waals surface area contributed by atoms with Gasteiger partial charge in [0.2, 0.25) is 0 Å². The fourth-order valence-corrected chi connectivity index (χ4v) is 8.87. The zero-order chi connectivity index (χ0) is 33.0. The molecular weight excluding hydrogens is 639 g/mol. The second kappa shape index (κ2) is 13.7. The summed E-state index contributed by atoms with van der Waals surface area (Å²) in [7, 11) is -0.221. The van der Waals surface area contributed by atoms with Crippen molar-refractivity contribution in [3.05, 3.63) is 119 Å². The Morgan fingerprint density at radius 1 is 1.04 bits per heavy atom. The summed E-state index contributed by atoms with van der Waals surface area (Å²) < 4.78 is 1.27. The third-order valence-corrected chi connectivity index (χ3v) is 11.0. The number of aldehydes is 1. The molecule has 1 saturated heterocycles. The molecule has 0 radical (unpaired) electrons. The number of fused-ring (bicyclic) bond motifs is 1. The van der Waals surface area contributed by atoms with E-state index in [-0.39, 0.29) is 17.8 Å². The van der Waals surface area contributed by atoms with E-state index in [1.54, 1.807) is 5.38 Å². The van der Waals surface area contributed by atoms with Gasteiger partial charge in [0.15, 0.2) is 10.8 Å². The van der Waals surface area contributed by atoms with Gasteiger partial charge in [-0.2, -0.15) is 0 Å². The Morgan fingerprint density at radius 2 is 1.62 bits per heavy atom. The first kappa shape index (κ1) is 31.8. The Morgan fingerprint density at radius 3 is 2.13 bits per heavy atom. The Kier molecular flexibility index (Phi) is 9.27. The SMILES string of the molecule is CON=C(C(=O)NC1C(=O)N2C1CCC(CC=O)=S2C(=O)O)c1csc(NC(c2ccccc2)(c2ccccc2)c2ccccc2)n1. The number of β-lactam (4-membered cyclic amide) rings is 1. The van der Waals surface area contributed by atoms with E-state index in [4.69, 9.17) is 9.82 Å². The van der Waals surface area contributed by atoms with E-state index in [9.17, 15) is 24.3 Å². The molecule has 13 heteroatoms. The maximum absolute atomic E-state index is 13.6. The van der Waals surface area contributed by atoms with E-state index in [2.05, 4.69) is 15.8 Å². The number of aromatic nitrogens is 1. The molecule has 2 aliphatic rings. The minimum Gasteiger partial charge on any atom is -0.472 e. The van der Waals surface area contributed by atoms with Gasteiger partial charge in [-0.05, 0) is 34.4 Å². The highest BCUT2D eigenvalue weighted by atomic mass is 32.2. The van der Waals surface area contributed by atoms with Crippen LogP contribution in [0.5, 0.6) is 0 Å². The van der Waals surface area contributed by atoms with Gasteiger partial charge >= 0.3 is 5.30 Å². The van der Waals surface area contributed by atoms with E-state index < -0.39 is 45.4 Å². The highest BCUT2D eigenvalue weighted by Gasteiger charge is 2.53. The lowest BCUT2D eigenvalue weighted by molar-refractivity contribution is -0.143. The summed E-state index contributed by atoms with van der Waals surface area (Å²) in [5.74, 6) is -1.20. The van der Waals surface area contributed by atoms with Crippen molar-refractivity contribution >= 4 is 61.1 Å². The molecule has 0 bridgehead atoms. The molecule has 3 aromatic carbocycles. The summed E-state index contributed by atoms with van der Waals surface area (Å²) in [6.45, 7) is 0. The Bertz CT molecular complexity index is 1770. The quantitative estimate of drug-likeness (QED) is 0.0504. The third kappa shape index (κ3) is 5.95. The number of oxime groups is 1. The van der Waals surface area contributed by atoms with Crippen LogP contribution in [0.3, 0.4) is 0 Å². The largest absolute Gasteiger partial charge is 0.472 e. The molecule has 3 atom stereocenters. The molecule has 0 saturated carbocycles. The first-order valence-electron chi connectivity index (χ1n) is 14.8. The average molecular weight is 670 g/mol. The van der Waals surface area contributed by atoms with E-state index in [1.807, 2.05) is 91.0 Å². The first-order chi connectivity index (χ1) is 22.9. The van der Waals surface area contributed by atoms with Crippen LogP contribution >= 0.6 is 22.0 Å². The lowest BCUT2D eigenvalue weighted by Gasteiger charge is -2.50. The molecule has 0 aliphatic carbocycles. The average Bonchev–Trinajstić information content (AvgIpc) is 3.57. The maximum atomic E-state index is 13.6. The summed E-state index contributed by atoms with van der Waals surface area (Å²) >= 11 is 1.29. The number of hydrogen-bond acceptors (Lipinski definition) is 9. The lowest BCUT2D eigenvalue weighted by atomic mass is 9.77. The fraction of sp³-hybridized carbons (Fsp3) is 0.206. The van der Waals surface area contributed by atoms with Crippen molar-refractivity contribution in [1.82, 2.24) is 14.6 Å². The van der Waals surface area contributed by atoms with Crippen molar-refractivity contribution in [2.45, 2.75) is 36.9 Å². The standard InChI is InChI=1S/C34H31N5O6S2/c1-45-38-28(30(41)36-29-27-18-17-25(19-20-40)47(33(43)44)39(27)31(29)42)26-21-46-32(35-26)37-34(22-11-5-2-6-12-22,23-13-7-3-8-14-23)24-15-9-4-10-16-24/h2-16,20-21,27,29H,17-19H2,1H3,(H,35,37)(H,36,41)(H,43,44). The van der Waals surface area contributed by atoms with Crippen molar-refractivity contribution in [3.63, 3.8) is 0 Å². The molecule has 3 heterocycles. The number of amides is 2. The smallest absolute Gasteiger partial charge is 0.378 e. The fourth-order valence-electron chi connectivity index (χ4n) is 6.10. The van der Waals surface area contributed by atoms with Crippen LogP contribution in [0, 0.1) is 0 Å². The lowest BCUT2D eigenvalue weighted by Crippen LogP contribution is -2.70. The number of nitrogens with one attached hydrogen (secondary N) is 2. The van der Waals surface area contributed by atoms with Crippen LogP contribution in [0.1, 0.15) is 41.6 Å². The molecule has 47 heavy (non-hydrogen) atoms. The van der Waals surface area contributed by atoms with Gasteiger partial charge in [0, 0.05) is 22.5 Å². The number of nitrogens with zero attached hydrogens (tertiary/aromatic N) is 3. The molecule has 3 unspecified atom stereocenters. The van der Waals surface area contributed by atoms with Gasteiger partial charge in [-0.3, -0.25) is 13.9 Å². The summed E-state index contributed by atoms with van der Waals surface area (Å²) in [4.78, 5) is 60.1. The molecule has 6 rings (SSSR count). The molecule has 2 amide bonds. The van der Waals surface area contributed by atoms with Crippen LogP contribution in [0.15, 0.2) is 102 Å². The number of thiazole rings is 1. The Labute approximate surface area is 277 Å². The second-order valence-electron chi connectivity index (χ2n) is 10.8. The Hall–Kier alpha value is -5.14. The van der Waals surface area contributed by atoms with Crippen LogP contribution < -0.4 is 10.6 Å². The number of benzene rings is 3. The van der Waals surface area contributed by atoms with Gasteiger partial charge in [0.1, 0.15) is 30.7 Å². The van der Waals surface area contributed by atoms with Crippen molar-refractivity contribution < 1.29 is 29.1 Å². The molecular formula is C34H31N5O6S2. The van der Waals surface area contributed by atoms with Gasteiger partial charge < -0.3 is 25.4 Å². The predicted molar refractivity (Wildman–Crippen MR) is 182 cm³/mol. The second-order valence-corrected chi connectivity index (χ2v) is 13.6. The minimum absolute atomic E-state index is 0.0200. The number of carbonyl (C=O) groups is 4. The van der Waals surface area contributed by atoms with Crippen molar-refractivity contribution in [1.29, 1.82) is 0 Å². The molecule has 3 N–H and O–H groups in total. The highest BCUT2D eigenvalue weighted by molar-refractivity contribution is 8.26. The summed E-state index contributed by atoms with van der Waals surface area (Å²) in [6.07, 6.45) is 1.43. The third-order valence-electron chi connectivity index (χ3n) is 8.18. The number of carboxylic acid groups (broad SMARTS) is 1. The number of hydrogen-bond donors (Lipinski definition) is 3. The van der Waals surface area contributed by atoms with Crippen LogP contribution in [0.2, 0.25) is 0 Å². The monoisotopic (exact) mass is 669 g/mol. The zero-order valence-electron chi connectivity index (χ0n) is 25.2. The number of anilines is 1. The molecule has 11 nitrogen and oxygen atoms in total. The molecule has 2 aliphatic heterocycles. The van der Waals surface area contributed by atoms with E-state index in [1.165, 1.54) is 22.8 Å². The van der Waals surface area contributed by atoms with Crippen LogP contribution in [0.4, 0.5) is 9.93 Å². The van der Waals surface area contributed by atoms with Gasteiger partial charge in [-0.15, -0.1) is 11.3 Å². The van der Waals surface area contributed by atoms with Gasteiger partial charge in [0.05, 0.1) is 6.04 Å².